The Bertz CT molecular complexity index is 870. The van der Waals surface area contributed by atoms with Gasteiger partial charge in [0.15, 0.2) is 0 Å². The van der Waals surface area contributed by atoms with Gasteiger partial charge in [-0.05, 0) is 91.7 Å². The molecule has 4 saturated carbocycles. The predicted molar refractivity (Wildman–Crippen MR) is 121 cm³/mol. The van der Waals surface area contributed by atoms with E-state index in [1.807, 2.05) is 36.4 Å². The van der Waals surface area contributed by atoms with Crippen LogP contribution in [0.2, 0.25) is 0 Å². The summed E-state index contributed by atoms with van der Waals surface area (Å²) in [5.41, 5.74) is 2.22. The van der Waals surface area contributed by atoms with E-state index < -0.39 is 0 Å². The fraction of sp³-hybridized carbons (Fsp3) is 0.519. The summed E-state index contributed by atoms with van der Waals surface area (Å²) in [7, 11) is 3.36. The number of rotatable bonds is 7. The van der Waals surface area contributed by atoms with Gasteiger partial charge in [0.2, 0.25) is 5.91 Å². The van der Waals surface area contributed by atoms with Crippen LogP contribution in [0.1, 0.15) is 62.0 Å². The molecule has 2 aromatic carbocycles. The van der Waals surface area contributed by atoms with Crippen molar-refractivity contribution in [3.63, 3.8) is 0 Å². The molecule has 0 saturated heterocycles. The van der Waals surface area contributed by atoms with Gasteiger partial charge >= 0.3 is 0 Å². The summed E-state index contributed by atoms with van der Waals surface area (Å²) in [4.78, 5) is 13.4. The summed E-state index contributed by atoms with van der Waals surface area (Å²) in [5.74, 6) is 4.20. The molecule has 0 unspecified atom stereocenters. The van der Waals surface area contributed by atoms with Crippen LogP contribution in [0.4, 0.5) is 0 Å². The minimum absolute atomic E-state index is 0.0408. The molecule has 164 valence electrons. The maximum Gasteiger partial charge on any atom is 0.221 e. The van der Waals surface area contributed by atoms with E-state index in [1.54, 1.807) is 14.2 Å². The molecule has 0 heterocycles. The van der Waals surface area contributed by atoms with Crippen molar-refractivity contribution in [2.75, 3.05) is 14.2 Å². The van der Waals surface area contributed by atoms with Crippen LogP contribution in [0.25, 0.3) is 0 Å². The van der Waals surface area contributed by atoms with Crippen molar-refractivity contribution in [2.45, 2.75) is 56.4 Å². The van der Waals surface area contributed by atoms with Gasteiger partial charge in [0, 0.05) is 17.9 Å². The van der Waals surface area contributed by atoms with Gasteiger partial charge in [0.1, 0.15) is 11.5 Å². The van der Waals surface area contributed by atoms with Gasteiger partial charge in [-0.3, -0.25) is 4.79 Å². The molecule has 0 spiro atoms. The third-order valence-electron chi connectivity index (χ3n) is 7.82. The van der Waals surface area contributed by atoms with Crippen molar-refractivity contribution in [3.8, 4) is 11.5 Å². The Morgan fingerprint density at radius 3 is 1.84 bits per heavy atom. The normalized spacial score (nSPS) is 28.5. The lowest BCUT2D eigenvalue weighted by atomic mass is 9.53. The highest BCUT2D eigenvalue weighted by Gasteiger charge is 2.51. The molecular formula is C27H33NO3. The molecule has 6 rings (SSSR count). The second kappa shape index (κ2) is 8.22. The molecule has 1 N–H and O–H groups in total. The van der Waals surface area contributed by atoms with Crippen LogP contribution in [0.15, 0.2) is 48.5 Å². The Kier molecular flexibility index (Phi) is 5.41. The second-order valence-corrected chi connectivity index (χ2v) is 10.1. The van der Waals surface area contributed by atoms with Crippen molar-refractivity contribution in [3.05, 3.63) is 59.7 Å². The lowest BCUT2D eigenvalue weighted by molar-refractivity contribution is -0.127. The first-order valence-electron chi connectivity index (χ1n) is 11.6. The molecule has 31 heavy (non-hydrogen) atoms. The van der Waals surface area contributed by atoms with E-state index in [9.17, 15) is 4.79 Å². The number of amides is 1. The first-order valence-corrected chi connectivity index (χ1v) is 11.6. The lowest BCUT2D eigenvalue weighted by Crippen LogP contribution is -2.59. The zero-order chi connectivity index (χ0) is 21.4. The molecule has 4 nitrogen and oxygen atoms in total. The average Bonchev–Trinajstić information content (AvgIpc) is 2.76. The molecule has 0 atom stereocenters. The van der Waals surface area contributed by atoms with Gasteiger partial charge in [-0.25, -0.2) is 0 Å². The number of hydrogen-bond donors (Lipinski definition) is 1. The van der Waals surface area contributed by atoms with E-state index in [2.05, 4.69) is 17.4 Å². The van der Waals surface area contributed by atoms with Crippen molar-refractivity contribution < 1.29 is 14.3 Å². The van der Waals surface area contributed by atoms with Crippen molar-refractivity contribution in [1.29, 1.82) is 0 Å². The Morgan fingerprint density at radius 1 is 0.903 bits per heavy atom. The fourth-order valence-electron chi connectivity index (χ4n) is 6.94. The van der Waals surface area contributed by atoms with Crippen LogP contribution in [0.3, 0.4) is 0 Å². The number of hydrogen-bond acceptors (Lipinski definition) is 3. The van der Waals surface area contributed by atoms with E-state index in [0.29, 0.717) is 6.42 Å². The van der Waals surface area contributed by atoms with E-state index in [1.165, 1.54) is 38.5 Å². The first kappa shape index (κ1) is 20.4. The number of ether oxygens (including phenoxy) is 2. The standard InChI is InChI=1S/C27H33NO3/c1-30-23-7-3-5-21(12-23)25(22-6-4-8-24(13-22)31-2)14-26(29)28-27-15-18-9-19(16-27)11-20(10-18)17-27/h3-8,12-13,18-20,25H,9-11,14-17H2,1-2H3,(H,28,29). The summed E-state index contributed by atoms with van der Waals surface area (Å²) >= 11 is 0. The maximum absolute atomic E-state index is 13.4. The van der Waals surface area contributed by atoms with E-state index in [0.717, 1.165) is 40.4 Å². The summed E-state index contributed by atoms with van der Waals surface area (Å²) in [6, 6.07) is 16.2. The Morgan fingerprint density at radius 2 is 1.39 bits per heavy atom. The Hall–Kier alpha value is -2.49. The summed E-state index contributed by atoms with van der Waals surface area (Å²) in [6.45, 7) is 0. The van der Waals surface area contributed by atoms with Gasteiger partial charge < -0.3 is 14.8 Å². The molecule has 0 aliphatic heterocycles. The van der Waals surface area contributed by atoms with Crippen molar-refractivity contribution in [2.24, 2.45) is 17.8 Å². The van der Waals surface area contributed by atoms with Crippen LogP contribution in [0.5, 0.6) is 11.5 Å². The summed E-state index contributed by atoms with van der Waals surface area (Å²) < 4.78 is 10.9. The molecule has 0 radical (unpaired) electrons. The largest absolute Gasteiger partial charge is 0.497 e. The molecule has 0 aromatic heterocycles. The highest BCUT2D eigenvalue weighted by atomic mass is 16.5. The third kappa shape index (κ3) is 4.17. The number of benzene rings is 2. The summed E-state index contributed by atoms with van der Waals surface area (Å²) in [5, 5.41) is 3.55. The van der Waals surface area contributed by atoms with Crippen LogP contribution < -0.4 is 14.8 Å². The van der Waals surface area contributed by atoms with Gasteiger partial charge in [0.25, 0.3) is 0 Å². The van der Waals surface area contributed by atoms with Gasteiger partial charge in [-0.2, -0.15) is 0 Å². The third-order valence-corrected chi connectivity index (χ3v) is 7.82. The minimum atomic E-state index is -0.0425. The van der Waals surface area contributed by atoms with E-state index >= 15 is 0 Å². The topological polar surface area (TPSA) is 47.6 Å². The maximum atomic E-state index is 13.4. The molecule has 4 aliphatic carbocycles. The predicted octanol–water partition coefficient (Wildman–Crippen LogP) is 5.31. The zero-order valence-corrected chi connectivity index (χ0v) is 18.6. The quantitative estimate of drug-likeness (QED) is 0.661. The molecule has 1 amide bonds. The highest BCUT2D eigenvalue weighted by Crippen LogP contribution is 2.55. The fourth-order valence-corrected chi connectivity index (χ4v) is 6.94. The van der Waals surface area contributed by atoms with Crippen molar-refractivity contribution in [1.82, 2.24) is 5.32 Å². The first-order chi connectivity index (χ1) is 15.1. The number of nitrogens with one attached hydrogen (secondary N) is 1. The van der Waals surface area contributed by atoms with E-state index in [4.69, 9.17) is 9.47 Å². The molecule has 2 aromatic rings. The number of carbonyl (C=O) groups excluding carboxylic acids is 1. The number of methoxy groups -OCH3 is 2. The summed E-state index contributed by atoms with van der Waals surface area (Å²) in [6.07, 6.45) is 8.10. The molecular weight excluding hydrogens is 386 g/mol. The van der Waals surface area contributed by atoms with Gasteiger partial charge in [-0.1, -0.05) is 24.3 Å². The van der Waals surface area contributed by atoms with Crippen molar-refractivity contribution >= 4 is 5.91 Å². The lowest BCUT2D eigenvalue weighted by Gasteiger charge is -2.57. The monoisotopic (exact) mass is 419 g/mol. The molecule has 4 fully saturated rings. The van der Waals surface area contributed by atoms with Crippen LogP contribution in [-0.4, -0.2) is 25.7 Å². The van der Waals surface area contributed by atoms with Crippen LogP contribution in [-0.2, 0) is 4.79 Å². The minimum Gasteiger partial charge on any atom is -0.497 e. The van der Waals surface area contributed by atoms with Gasteiger partial charge in [0.05, 0.1) is 14.2 Å². The van der Waals surface area contributed by atoms with E-state index in [-0.39, 0.29) is 17.4 Å². The van der Waals surface area contributed by atoms with Crippen LogP contribution in [0, 0.1) is 17.8 Å². The molecule has 4 aliphatic rings. The smallest absolute Gasteiger partial charge is 0.221 e. The zero-order valence-electron chi connectivity index (χ0n) is 18.6. The molecule has 4 bridgehead atoms. The number of carbonyl (C=O) groups is 1. The Balaban J connectivity index is 1.39. The highest BCUT2D eigenvalue weighted by molar-refractivity contribution is 5.78. The average molecular weight is 420 g/mol. The molecule has 4 heteroatoms. The van der Waals surface area contributed by atoms with Crippen LogP contribution >= 0.6 is 0 Å². The van der Waals surface area contributed by atoms with Gasteiger partial charge in [-0.15, -0.1) is 0 Å². The SMILES string of the molecule is COc1cccc(C(CC(=O)NC23CC4CC(CC(C4)C2)C3)c2cccc(OC)c2)c1. The Labute approximate surface area is 185 Å². The second-order valence-electron chi connectivity index (χ2n) is 10.1.